The number of anilines is 2. The molecule has 0 aromatic carbocycles. The summed E-state index contributed by atoms with van der Waals surface area (Å²) in [5.74, 6) is -0.541. The van der Waals surface area contributed by atoms with Gasteiger partial charge < -0.3 is 15.2 Å². The number of pyridine rings is 2. The van der Waals surface area contributed by atoms with Crippen LogP contribution in [0.15, 0.2) is 36.8 Å². The highest BCUT2D eigenvalue weighted by Gasteiger charge is 2.09. The molecule has 0 fully saturated rings. The number of aromatic nitrogens is 2. The van der Waals surface area contributed by atoms with E-state index >= 15 is 0 Å². The van der Waals surface area contributed by atoms with Crippen LogP contribution in [0.3, 0.4) is 0 Å². The Balaban J connectivity index is 2.25. The van der Waals surface area contributed by atoms with E-state index in [1.54, 1.807) is 24.4 Å². The van der Waals surface area contributed by atoms with E-state index in [-0.39, 0.29) is 5.56 Å². The fraction of sp³-hybridized carbons (Fsp3) is 0.0833. The molecule has 0 bridgehead atoms. The van der Waals surface area contributed by atoms with E-state index in [9.17, 15) is 4.79 Å². The second kappa shape index (κ2) is 5.13. The van der Waals surface area contributed by atoms with Crippen molar-refractivity contribution in [3.05, 3.63) is 42.4 Å². The number of nitrogens with one attached hydrogen (secondary N) is 1. The zero-order valence-corrected chi connectivity index (χ0v) is 9.62. The van der Waals surface area contributed by atoms with Gasteiger partial charge in [0, 0.05) is 18.5 Å². The molecular weight excluding hydrogens is 234 g/mol. The number of hydrogen-bond acceptors (Lipinski definition) is 5. The summed E-state index contributed by atoms with van der Waals surface area (Å²) >= 11 is 0. The highest BCUT2D eigenvalue weighted by Crippen LogP contribution is 2.20. The van der Waals surface area contributed by atoms with Crippen LogP contribution in [0.5, 0.6) is 5.88 Å². The molecule has 0 saturated heterocycles. The molecule has 0 amide bonds. The summed E-state index contributed by atoms with van der Waals surface area (Å²) in [5.41, 5.74) is 1.24. The SMILES string of the molecule is COc1ccc(Nc2ccncc2C(=O)O)cn1. The third-order valence-corrected chi connectivity index (χ3v) is 2.28. The molecule has 2 aromatic heterocycles. The van der Waals surface area contributed by atoms with E-state index in [0.717, 1.165) is 0 Å². The lowest BCUT2D eigenvalue weighted by Gasteiger charge is -2.08. The Labute approximate surface area is 103 Å². The van der Waals surface area contributed by atoms with Crippen LogP contribution in [0.4, 0.5) is 11.4 Å². The van der Waals surface area contributed by atoms with Crippen LogP contribution in [0.2, 0.25) is 0 Å². The number of aromatic carboxylic acids is 1. The first-order valence-corrected chi connectivity index (χ1v) is 5.15. The van der Waals surface area contributed by atoms with Gasteiger partial charge in [0.05, 0.1) is 24.7 Å². The number of rotatable bonds is 4. The van der Waals surface area contributed by atoms with Gasteiger partial charge >= 0.3 is 5.97 Å². The molecule has 0 aliphatic rings. The lowest BCUT2D eigenvalue weighted by molar-refractivity contribution is 0.0697. The maximum Gasteiger partial charge on any atom is 0.339 e. The maximum absolute atomic E-state index is 11.0. The minimum atomic E-state index is -1.04. The van der Waals surface area contributed by atoms with Crippen LogP contribution >= 0.6 is 0 Å². The van der Waals surface area contributed by atoms with Gasteiger partial charge in [-0.1, -0.05) is 0 Å². The number of carbonyl (C=O) groups is 1. The van der Waals surface area contributed by atoms with Crippen LogP contribution in [0, 0.1) is 0 Å². The summed E-state index contributed by atoms with van der Waals surface area (Å²) < 4.78 is 4.94. The Morgan fingerprint density at radius 1 is 1.33 bits per heavy atom. The molecular formula is C12H11N3O3. The maximum atomic E-state index is 11.0. The number of carboxylic acids is 1. The number of methoxy groups -OCH3 is 1. The molecule has 2 rings (SSSR count). The van der Waals surface area contributed by atoms with E-state index in [0.29, 0.717) is 17.3 Å². The topological polar surface area (TPSA) is 84.3 Å². The third-order valence-electron chi connectivity index (χ3n) is 2.28. The van der Waals surface area contributed by atoms with Gasteiger partial charge in [-0.15, -0.1) is 0 Å². The molecule has 0 aliphatic carbocycles. The summed E-state index contributed by atoms with van der Waals surface area (Å²) in [6.45, 7) is 0. The van der Waals surface area contributed by atoms with E-state index in [4.69, 9.17) is 9.84 Å². The third kappa shape index (κ3) is 2.54. The monoisotopic (exact) mass is 245 g/mol. The molecule has 6 heteroatoms. The van der Waals surface area contributed by atoms with Crippen molar-refractivity contribution in [3.8, 4) is 5.88 Å². The van der Waals surface area contributed by atoms with Crippen molar-refractivity contribution in [1.82, 2.24) is 9.97 Å². The van der Waals surface area contributed by atoms with Gasteiger partial charge in [-0.2, -0.15) is 0 Å². The average Bonchev–Trinajstić information content (AvgIpc) is 2.40. The van der Waals surface area contributed by atoms with Gasteiger partial charge in [-0.3, -0.25) is 4.98 Å². The van der Waals surface area contributed by atoms with Gasteiger partial charge in [-0.25, -0.2) is 9.78 Å². The lowest BCUT2D eigenvalue weighted by atomic mass is 10.2. The Morgan fingerprint density at radius 2 is 2.17 bits per heavy atom. The summed E-state index contributed by atoms with van der Waals surface area (Å²) in [7, 11) is 1.53. The van der Waals surface area contributed by atoms with Gasteiger partial charge in [0.2, 0.25) is 5.88 Å². The second-order valence-corrected chi connectivity index (χ2v) is 3.44. The van der Waals surface area contributed by atoms with Crippen molar-refractivity contribution >= 4 is 17.3 Å². The highest BCUT2D eigenvalue weighted by atomic mass is 16.5. The van der Waals surface area contributed by atoms with Crippen LogP contribution in [0.1, 0.15) is 10.4 Å². The molecule has 6 nitrogen and oxygen atoms in total. The van der Waals surface area contributed by atoms with E-state index < -0.39 is 5.97 Å². The predicted octanol–water partition coefficient (Wildman–Crippen LogP) is 1.93. The zero-order valence-electron chi connectivity index (χ0n) is 9.62. The van der Waals surface area contributed by atoms with Gasteiger partial charge in [-0.05, 0) is 12.1 Å². The normalized spacial score (nSPS) is 9.83. The first kappa shape index (κ1) is 11.8. The fourth-order valence-corrected chi connectivity index (χ4v) is 1.40. The molecule has 2 heterocycles. The first-order chi connectivity index (χ1) is 8.70. The van der Waals surface area contributed by atoms with E-state index in [2.05, 4.69) is 15.3 Å². The smallest absolute Gasteiger partial charge is 0.339 e. The van der Waals surface area contributed by atoms with E-state index in [1.165, 1.54) is 19.5 Å². The van der Waals surface area contributed by atoms with Crippen LogP contribution < -0.4 is 10.1 Å². The first-order valence-electron chi connectivity index (χ1n) is 5.15. The molecule has 2 aromatic rings. The average molecular weight is 245 g/mol. The molecule has 18 heavy (non-hydrogen) atoms. The number of hydrogen-bond donors (Lipinski definition) is 2. The minimum Gasteiger partial charge on any atom is -0.481 e. The molecule has 0 radical (unpaired) electrons. The predicted molar refractivity (Wildman–Crippen MR) is 65.3 cm³/mol. The molecule has 0 saturated carbocycles. The highest BCUT2D eigenvalue weighted by molar-refractivity contribution is 5.94. The summed E-state index contributed by atoms with van der Waals surface area (Å²) in [6.07, 6.45) is 4.37. The van der Waals surface area contributed by atoms with Gasteiger partial charge in [0.1, 0.15) is 5.56 Å². The fourth-order valence-electron chi connectivity index (χ4n) is 1.40. The molecule has 92 valence electrons. The number of nitrogens with zero attached hydrogens (tertiary/aromatic N) is 2. The number of carboxylic acid groups (broad SMARTS) is 1. The van der Waals surface area contributed by atoms with Crippen molar-refractivity contribution in [3.63, 3.8) is 0 Å². The summed E-state index contributed by atoms with van der Waals surface area (Å²) in [6, 6.07) is 5.02. The number of ether oxygens (including phenoxy) is 1. The Morgan fingerprint density at radius 3 is 2.78 bits per heavy atom. The summed E-state index contributed by atoms with van der Waals surface area (Å²) in [4.78, 5) is 18.8. The Hall–Kier alpha value is -2.63. The molecule has 0 unspecified atom stereocenters. The van der Waals surface area contributed by atoms with Gasteiger partial charge in [0.15, 0.2) is 0 Å². The van der Waals surface area contributed by atoms with Crippen LogP contribution in [0.25, 0.3) is 0 Å². The van der Waals surface area contributed by atoms with Crippen molar-refractivity contribution in [2.24, 2.45) is 0 Å². The molecule has 0 aliphatic heterocycles. The molecule has 0 atom stereocenters. The Bertz CT molecular complexity index is 555. The minimum absolute atomic E-state index is 0.105. The standard InChI is InChI=1S/C12H11N3O3/c1-18-11-3-2-8(6-14-11)15-10-4-5-13-7-9(10)12(16)17/h2-7H,1H3,(H,13,15)(H,16,17). The lowest BCUT2D eigenvalue weighted by Crippen LogP contribution is -2.03. The van der Waals surface area contributed by atoms with Crippen molar-refractivity contribution in [1.29, 1.82) is 0 Å². The van der Waals surface area contributed by atoms with E-state index in [1.807, 2.05) is 0 Å². The largest absolute Gasteiger partial charge is 0.481 e. The molecule has 2 N–H and O–H groups in total. The quantitative estimate of drug-likeness (QED) is 0.856. The Kier molecular flexibility index (Phi) is 3.38. The second-order valence-electron chi connectivity index (χ2n) is 3.44. The van der Waals surface area contributed by atoms with Crippen LogP contribution in [-0.4, -0.2) is 28.2 Å². The van der Waals surface area contributed by atoms with Crippen molar-refractivity contribution in [2.75, 3.05) is 12.4 Å². The van der Waals surface area contributed by atoms with Crippen molar-refractivity contribution < 1.29 is 14.6 Å². The van der Waals surface area contributed by atoms with Crippen molar-refractivity contribution in [2.45, 2.75) is 0 Å². The molecule has 0 spiro atoms. The van der Waals surface area contributed by atoms with Gasteiger partial charge in [0.25, 0.3) is 0 Å². The van der Waals surface area contributed by atoms with Crippen LogP contribution in [-0.2, 0) is 0 Å². The zero-order chi connectivity index (χ0) is 13.0. The summed E-state index contributed by atoms with van der Waals surface area (Å²) in [5, 5.41) is 12.0.